The maximum absolute atomic E-state index is 13.6. The fourth-order valence-electron chi connectivity index (χ4n) is 1.89. The van der Waals surface area contributed by atoms with Gasteiger partial charge in [0.25, 0.3) is 0 Å². The second-order valence-corrected chi connectivity index (χ2v) is 4.21. The lowest BCUT2D eigenvalue weighted by atomic mass is 10.00. The average Bonchev–Trinajstić information content (AvgIpc) is 2.37. The highest BCUT2D eigenvalue weighted by Gasteiger charge is 2.13. The molecule has 0 saturated heterocycles. The zero-order chi connectivity index (χ0) is 13.1. The predicted molar refractivity (Wildman–Crippen MR) is 68.2 cm³/mol. The van der Waals surface area contributed by atoms with Crippen LogP contribution in [0.3, 0.4) is 0 Å². The van der Waals surface area contributed by atoms with E-state index in [9.17, 15) is 9.50 Å². The predicted octanol–water partition coefficient (Wildman–Crippen LogP) is 3.22. The zero-order valence-corrected chi connectivity index (χ0v) is 10.4. The van der Waals surface area contributed by atoms with E-state index in [0.29, 0.717) is 5.56 Å². The number of benzene rings is 2. The lowest BCUT2D eigenvalue weighted by Gasteiger charge is -2.13. The summed E-state index contributed by atoms with van der Waals surface area (Å²) in [6, 6.07) is 12.0. The first-order chi connectivity index (χ1) is 8.61. The van der Waals surface area contributed by atoms with E-state index in [1.807, 2.05) is 31.2 Å². The summed E-state index contributed by atoms with van der Waals surface area (Å²) >= 11 is 0. The third-order valence-electron chi connectivity index (χ3n) is 2.85. The molecular weight excluding hydrogens is 231 g/mol. The fourth-order valence-corrected chi connectivity index (χ4v) is 1.89. The molecule has 94 valence electrons. The van der Waals surface area contributed by atoms with Gasteiger partial charge in [-0.2, -0.15) is 0 Å². The summed E-state index contributed by atoms with van der Waals surface area (Å²) in [5.74, 6) is -0.295. The summed E-state index contributed by atoms with van der Waals surface area (Å²) in [6.07, 6.45) is -0.828. The van der Waals surface area contributed by atoms with E-state index in [-0.39, 0.29) is 5.75 Å². The van der Waals surface area contributed by atoms with E-state index in [0.717, 1.165) is 11.1 Å². The van der Waals surface area contributed by atoms with Crippen LogP contribution < -0.4 is 4.74 Å². The molecular formula is C15H15FO2. The van der Waals surface area contributed by atoms with Crippen LogP contribution in [0.4, 0.5) is 4.39 Å². The molecule has 0 aliphatic rings. The molecule has 18 heavy (non-hydrogen) atoms. The number of hydrogen-bond donors (Lipinski definition) is 1. The Balaban J connectivity index is 2.34. The molecule has 2 rings (SSSR count). The van der Waals surface area contributed by atoms with Crippen LogP contribution in [0.5, 0.6) is 5.75 Å². The van der Waals surface area contributed by atoms with Crippen LogP contribution in [0.1, 0.15) is 22.8 Å². The molecule has 2 aromatic carbocycles. The van der Waals surface area contributed by atoms with E-state index in [1.165, 1.54) is 19.2 Å². The Hall–Kier alpha value is -1.87. The van der Waals surface area contributed by atoms with E-state index >= 15 is 0 Å². The molecule has 0 fully saturated rings. The van der Waals surface area contributed by atoms with Crippen molar-refractivity contribution in [1.82, 2.24) is 0 Å². The third-order valence-corrected chi connectivity index (χ3v) is 2.85. The van der Waals surface area contributed by atoms with Gasteiger partial charge >= 0.3 is 0 Å². The Morgan fingerprint density at radius 3 is 2.44 bits per heavy atom. The van der Waals surface area contributed by atoms with Gasteiger partial charge in [-0.25, -0.2) is 4.39 Å². The summed E-state index contributed by atoms with van der Waals surface area (Å²) in [6.45, 7) is 1.95. The number of rotatable bonds is 3. The normalized spacial score (nSPS) is 12.2. The van der Waals surface area contributed by atoms with Gasteiger partial charge in [0.05, 0.1) is 7.11 Å². The quantitative estimate of drug-likeness (QED) is 0.901. The Kier molecular flexibility index (Phi) is 3.63. The first kappa shape index (κ1) is 12.6. The number of methoxy groups -OCH3 is 1. The number of aryl methyl sites for hydroxylation is 1. The minimum absolute atomic E-state index is 0.176. The van der Waals surface area contributed by atoms with Crippen LogP contribution in [-0.4, -0.2) is 12.2 Å². The molecule has 1 N–H and O–H groups in total. The molecule has 0 saturated carbocycles. The third kappa shape index (κ3) is 2.51. The molecule has 0 aliphatic carbocycles. The van der Waals surface area contributed by atoms with Gasteiger partial charge < -0.3 is 9.84 Å². The van der Waals surface area contributed by atoms with Crippen LogP contribution in [-0.2, 0) is 0 Å². The highest BCUT2D eigenvalue weighted by atomic mass is 19.1. The average molecular weight is 246 g/mol. The van der Waals surface area contributed by atoms with E-state index < -0.39 is 11.9 Å². The molecule has 0 radical (unpaired) electrons. The van der Waals surface area contributed by atoms with Gasteiger partial charge in [0, 0.05) is 0 Å². The Morgan fingerprint density at radius 1 is 1.11 bits per heavy atom. The lowest BCUT2D eigenvalue weighted by molar-refractivity contribution is 0.219. The fraction of sp³-hybridized carbons (Fsp3) is 0.200. The maximum atomic E-state index is 13.6. The second kappa shape index (κ2) is 5.19. The monoisotopic (exact) mass is 246 g/mol. The van der Waals surface area contributed by atoms with Crippen LogP contribution in [0, 0.1) is 12.7 Å². The lowest BCUT2D eigenvalue weighted by Crippen LogP contribution is -2.01. The van der Waals surface area contributed by atoms with Crippen LogP contribution in [0.25, 0.3) is 0 Å². The van der Waals surface area contributed by atoms with Crippen molar-refractivity contribution < 1.29 is 14.2 Å². The van der Waals surface area contributed by atoms with Gasteiger partial charge in [0.1, 0.15) is 6.10 Å². The minimum Gasteiger partial charge on any atom is -0.494 e. The first-order valence-corrected chi connectivity index (χ1v) is 5.70. The van der Waals surface area contributed by atoms with Gasteiger partial charge in [-0.05, 0) is 30.2 Å². The molecule has 0 spiro atoms. The van der Waals surface area contributed by atoms with E-state index in [4.69, 9.17) is 4.74 Å². The number of aliphatic hydroxyl groups excluding tert-OH is 1. The summed E-state index contributed by atoms with van der Waals surface area (Å²) in [5.41, 5.74) is 2.32. The zero-order valence-electron chi connectivity index (χ0n) is 10.4. The van der Waals surface area contributed by atoms with Crippen molar-refractivity contribution in [1.29, 1.82) is 0 Å². The number of halogens is 1. The maximum Gasteiger partial charge on any atom is 0.165 e. The largest absolute Gasteiger partial charge is 0.494 e. The van der Waals surface area contributed by atoms with Gasteiger partial charge in [-0.3, -0.25) is 0 Å². The van der Waals surface area contributed by atoms with Gasteiger partial charge in [0.2, 0.25) is 0 Å². The van der Waals surface area contributed by atoms with Gasteiger partial charge in [0.15, 0.2) is 11.6 Å². The molecule has 1 atom stereocenters. The molecule has 2 nitrogen and oxygen atoms in total. The van der Waals surface area contributed by atoms with Crippen molar-refractivity contribution in [2.75, 3.05) is 7.11 Å². The molecule has 0 aromatic heterocycles. The summed E-state index contributed by atoms with van der Waals surface area (Å²) in [5, 5.41) is 10.2. The molecule has 0 aliphatic heterocycles. The topological polar surface area (TPSA) is 29.5 Å². The van der Waals surface area contributed by atoms with E-state index in [2.05, 4.69) is 0 Å². The summed E-state index contributed by atoms with van der Waals surface area (Å²) in [4.78, 5) is 0. The van der Waals surface area contributed by atoms with Crippen LogP contribution in [0.2, 0.25) is 0 Å². The number of ether oxygens (including phenoxy) is 1. The van der Waals surface area contributed by atoms with Crippen molar-refractivity contribution in [3.05, 3.63) is 65.0 Å². The minimum atomic E-state index is -0.828. The second-order valence-electron chi connectivity index (χ2n) is 4.21. The Morgan fingerprint density at radius 2 is 1.83 bits per heavy atom. The molecule has 0 bridgehead atoms. The van der Waals surface area contributed by atoms with Crippen LogP contribution >= 0.6 is 0 Å². The standard InChI is InChI=1S/C15H15FO2/c1-10-4-3-5-11(8-10)15(17)12-6-7-14(18-2)13(16)9-12/h3-9,15,17H,1-2H3. The number of hydrogen-bond acceptors (Lipinski definition) is 2. The van der Waals surface area contributed by atoms with Crippen molar-refractivity contribution in [3.63, 3.8) is 0 Å². The summed E-state index contributed by atoms with van der Waals surface area (Å²) < 4.78 is 18.4. The first-order valence-electron chi connectivity index (χ1n) is 5.70. The van der Waals surface area contributed by atoms with Crippen molar-refractivity contribution >= 4 is 0 Å². The van der Waals surface area contributed by atoms with Crippen molar-refractivity contribution in [3.8, 4) is 5.75 Å². The highest BCUT2D eigenvalue weighted by Crippen LogP contribution is 2.26. The SMILES string of the molecule is COc1ccc(C(O)c2cccc(C)c2)cc1F. The molecule has 0 heterocycles. The molecule has 0 amide bonds. The van der Waals surface area contributed by atoms with Gasteiger partial charge in [-0.15, -0.1) is 0 Å². The van der Waals surface area contributed by atoms with Crippen LogP contribution in [0.15, 0.2) is 42.5 Å². The Labute approximate surface area is 106 Å². The molecule has 2 aromatic rings. The van der Waals surface area contributed by atoms with Crippen molar-refractivity contribution in [2.45, 2.75) is 13.0 Å². The summed E-state index contributed by atoms with van der Waals surface area (Å²) in [7, 11) is 1.41. The molecule has 3 heteroatoms. The van der Waals surface area contributed by atoms with Crippen molar-refractivity contribution in [2.24, 2.45) is 0 Å². The number of aliphatic hydroxyl groups is 1. The molecule has 1 unspecified atom stereocenters. The highest BCUT2D eigenvalue weighted by molar-refractivity contribution is 5.36. The smallest absolute Gasteiger partial charge is 0.165 e. The van der Waals surface area contributed by atoms with E-state index in [1.54, 1.807) is 6.07 Å². The van der Waals surface area contributed by atoms with Gasteiger partial charge in [-0.1, -0.05) is 35.9 Å². The Bertz CT molecular complexity index is 552.